The molecular formula is C15H31CsO2. The first-order valence-electron chi connectivity index (χ1n) is 7.49. The van der Waals surface area contributed by atoms with Gasteiger partial charge < -0.3 is 5.11 Å². The summed E-state index contributed by atoms with van der Waals surface area (Å²) in [5, 5.41) is 8.47. The Balaban J connectivity index is 0. The van der Waals surface area contributed by atoms with Crippen LogP contribution in [0.25, 0.3) is 0 Å². The van der Waals surface area contributed by atoms with E-state index in [1.54, 1.807) is 0 Å². The number of carboxylic acid groups (broad SMARTS) is 1. The van der Waals surface area contributed by atoms with Crippen LogP contribution in [-0.2, 0) is 4.79 Å². The molecular weight excluding hydrogens is 345 g/mol. The van der Waals surface area contributed by atoms with Crippen molar-refractivity contribution in [2.24, 2.45) is 0 Å². The Morgan fingerprint density at radius 1 is 0.722 bits per heavy atom. The van der Waals surface area contributed by atoms with Crippen molar-refractivity contribution in [3.63, 3.8) is 0 Å². The van der Waals surface area contributed by atoms with Gasteiger partial charge in [-0.05, 0) is 6.42 Å². The van der Waals surface area contributed by atoms with Crippen LogP contribution in [0.1, 0.15) is 90.4 Å². The summed E-state index contributed by atoms with van der Waals surface area (Å²) in [4.78, 5) is 10.3. The third kappa shape index (κ3) is 19.9. The SMILES string of the molecule is CCCCCCCCCCCCCCC(=O)O.[CsH]. The Morgan fingerprint density at radius 2 is 1.06 bits per heavy atom. The number of carboxylic acids is 1. The van der Waals surface area contributed by atoms with Gasteiger partial charge in [-0.25, -0.2) is 0 Å². The third-order valence-electron chi connectivity index (χ3n) is 3.24. The fourth-order valence-corrected chi connectivity index (χ4v) is 2.12. The van der Waals surface area contributed by atoms with E-state index >= 15 is 0 Å². The van der Waals surface area contributed by atoms with Crippen molar-refractivity contribution < 1.29 is 9.90 Å². The zero-order valence-corrected chi connectivity index (χ0v) is 11.5. The van der Waals surface area contributed by atoms with E-state index < -0.39 is 5.97 Å². The van der Waals surface area contributed by atoms with E-state index in [1.165, 1.54) is 64.2 Å². The summed E-state index contributed by atoms with van der Waals surface area (Å²) in [7, 11) is 0. The van der Waals surface area contributed by atoms with Gasteiger partial charge in [-0.3, -0.25) is 4.79 Å². The molecule has 104 valence electrons. The summed E-state index contributed by atoms with van der Waals surface area (Å²) in [6.07, 6.45) is 15.8. The molecule has 0 bridgehead atoms. The molecule has 0 radical (unpaired) electrons. The molecule has 0 aromatic rings. The molecule has 0 aliphatic rings. The Bertz CT molecular complexity index is 172. The van der Waals surface area contributed by atoms with Gasteiger partial charge in [0.05, 0.1) is 0 Å². The summed E-state index contributed by atoms with van der Waals surface area (Å²) in [6, 6.07) is 0. The molecule has 2 nitrogen and oxygen atoms in total. The summed E-state index contributed by atoms with van der Waals surface area (Å²) in [5.74, 6) is -0.655. The van der Waals surface area contributed by atoms with Gasteiger partial charge in [-0.1, -0.05) is 77.6 Å². The molecule has 0 aromatic heterocycles. The summed E-state index contributed by atoms with van der Waals surface area (Å²) >= 11 is 0. The number of aliphatic carboxylic acids is 1. The number of hydrogen-bond donors (Lipinski definition) is 1. The zero-order valence-electron chi connectivity index (χ0n) is 11.5. The average Bonchev–Trinajstić information content (AvgIpc) is 2.30. The molecule has 0 fully saturated rings. The van der Waals surface area contributed by atoms with Gasteiger partial charge in [0.2, 0.25) is 0 Å². The van der Waals surface area contributed by atoms with Gasteiger partial charge in [0.25, 0.3) is 0 Å². The monoisotopic (exact) mass is 376 g/mol. The van der Waals surface area contributed by atoms with Gasteiger partial charge in [0.1, 0.15) is 0 Å². The Kier molecular flexibility index (Phi) is 22.4. The van der Waals surface area contributed by atoms with Crippen LogP contribution in [0.15, 0.2) is 0 Å². The third-order valence-corrected chi connectivity index (χ3v) is 3.24. The topological polar surface area (TPSA) is 37.3 Å². The minimum absolute atomic E-state index is 0. The van der Waals surface area contributed by atoms with Crippen molar-refractivity contribution in [1.29, 1.82) is 0 Å². The van der Waals surface area contributed by atoms with E-state index in [-0.39, 0.29) is 68.9 Å². The van der Waals surface area contributed by atoms with Crippen molar-refractivity contribution in [2.75, 3.05) is 0 Å². The van der Waals surface area contributed by atoms with E-state index in [4.69, 9.17) is 5.11 Å². The van der Waals surface area contributed by atoms with Crippen LogP contribution in [0, 0.1) is 0 Å². The van der Waals surface area contributed by atoms with E-state index in [2.05, 4.69) is 6.92 Å². The molecule has 1 N–H and O–H groups in total. The molecule has 18 heavy (non-hydrogen) atoms. The maximum atomic E-state index is 10.3. The average molecular weight is 376 g/mol. The molecule has 0 heterocycles. The molecule has 0 aliphatic heterocycles. The van der Waals surface area contributed by atoms with E-state index in [1.807, 2.05) is 0 Å². The first-order valence-corrected chi connectivity index (χ1v) is 7.49. The molecule has 0 amide bonds. The predicted octanol–water partition coefficient (Wildman–Crippen LogP) is 4.51. The normalized spacial score (nSPS) is 10.1. The summed E-state index contributed by atoms with van der Waals surface area (Å²) in [6.45, 7) is 2.25. The summed E-state index contributed by atoms with van der Waals surface area (Å²) < 4.78 is 0. The number of rotatable bonds is 13. The van der Waals surface area contributed by atoms with Gasteiger partial charge in [0, 0.05) is 6.42 Å². The number of carbonyl (C=O) groups is 1. The van der Waals surface area contributed by atoms with Crippen molar-refractivity contribution in [3.8, 4) is 0 Å². The van der Waals surface area contributed by atoms with Gasteiger partial charge in [0.15, 0.2) is 0 Å². The molecule has 0 atom stereocenters. The number of unbranched alkanes of at least 4 members (excludes halogenated alkanes) is 11. The van der Waals surface area contributed by atoms with E-state index in [0.717, 1.165) is 12.8 Å². The molecule has 0 aliphatic carbocycles. The maximum absolute atomic E-state index is 10.3. The second-order valence-electron chi connectivity index (χ2n) is 5.03. The van der Waals surface area contributed by atoms with Crippen molar-refractivity contribution in [1.82, 2.24) is 0 Å². The van der Waals surface area contributed by atoms with Crippen molar-refractivity contribution >= 4 is 74.9 Å². The first-order chi connectivity index (χ1) is 8.27. The van der Waals surface area contributed by atoms with Crippen LogP contribution in [0.5, 0.6) is 0 Å². The standard InChI is InChI=1S/C15H30O2.Cs.H/c1-2-3-4-5-6-7-8-9-10-11-12-13-14-15(16)17;;/h2-14H2,1H3,(H,16,17);;. The Morgan fingerprint density at radius 3 is 1.39 bits per heavy atom. The molecule has 3 heteroatoms. The number of hydrogen-bond acceptors (Lipinski definition) is 1. The van der Waals surface area contributed by atoms with Gasteiger partial charge in [-0.15, -0.1) is 0 Å². The fourth-order valence-electron chi connectivity index (χ4n) is 2.12. The van der Waals surface area contributed by atoms with Gasteiger partial charge >= 0.3 is 74.9 Å². The Hall–Kier alpha value is 1.52. The van der Waals surface area contributed by atoms with Gasteiger partial charge in [-0.2, -0.15) is 0 Å². The van der Waals surface area contributed by atoms with E-state index in [0.29, 0.717) is 6.42 Å². The molecule has 0 spiro atoms. The van der Waals surface area contributed by atoms with Crippen LogP contribution in [0.2, 0.25) is 0 Å². The zero-order chi connectivity index (χ0) is 12.8. The fraction of sp³-hybridized carbons (Fsp3) is 0.933. The molecule has 0 saturated carbocycles. The van der Waals surface area contributed by atoms with Crippen molar-refractivity contribution in [3.05, 3.63) is 0 Å². The molecule has 0 unspecified atom stereocenters. The van der Waals surface area contributed by atoms with Crippen molar-refractivity contribution in [2.45, 2.75) is 90.4 Å². The molecule has 0 saturated heterocycles. The first kappa shape index (κ1) is 21.8. The van der Waals surface area contributed by atoms with Crippen LogP contribution in [0.4, 0.5) is 0 Å². The predicted molar refractivity (Wildman–Crippen MR) is 80.5 cm³/mol. The second-order valence-corrected chi connectivity index (χ2v) is 5.03. The Labute approximate surface area is 172 Å². The minimum atomic E-state index is -0.655. The molecule has 0 rings (SSSR count). The quantitative estimate of drug-likeness (QED) is 0.480. The van der Waals surface area contributed by atoms with E-state index in [9.17, 15) is 4.79 Å². The van der Waals surface area contributed by atoms with Crippen LogP contribution in [-0.4, -0.2) is 80.0 Å². The second kappa shape index (κ2) is 18.5. The molecule has 0 aromatic carbocycles. The van der Waals surface area contributed by atoms with Crippen LogP contribution >= 0.6 is 0 Å². The van der Waals surface area contributed by atoms with Crippen LogP contribution < -0.4 is 0 Å². The van der Waals surface area contributed by atoms with Crippen LogP contribution in [0.3, 0.4) is 0 Å². The summed E-state index contributed by atoms with van der Waals surface area (Å²) in [5.41, 5.74) is 0.